The Morgan fingerprint density at radius 1 is 1.41 bits per heavy atom. The van der Waals surface area contributed by atoms with Crippen molar-refractivity contribution in [3.63, 3.8) is 0 Å². The SMILES string of the molecule is CCCC1CC1NC(=NC)NCCCOCC. The number of aliphatic imine (C=N–C) groups is 1. The second-order valence-corrected chi connectivity index (χ2v) is 4.58. The molecule has 0 bridgehead atoms. The van der Waals surface area contributed by atoms with Crippen molar-refractivity contribution in [1.29, 1.82) is 0 Å². The maximum atomic E-state index is 5.29. The summed E-state index contributed by atoms with van der Waals surface area (Å²) in [5.41, 5.74) is 0. The van der Waals surface area contributed by atoms with E-state index in [0.29, 0.717) is 6.04 Å². The lowest BCUT2D eigenvalue weighted by Gasteiger charge is -2.11. The molecule has 0 spiro atoms. The molecule has 0 aromatic heterocycles. The Kier molecular flexibility index (Phi) is 7.01. The van der Waals surface area contributed by atoms with E-state index in [1.807, 2.05) is 14.0 Å². The summed E-state index contributed by atoms with van der Waals surface area (Å²) in [5, 5.41) is 6.79. The van der Waals surface area contributed by atoms with Crippen LogP contribution >= 0.6 is 0 Å². The minimum Gasteiger partial charge on any atom is -0.382 e. The molecule has 1 rings (SSSR count). The van der Waals surface area contributed by atoms with Crippen molar-refractivity contribution >= 4 is 5.96 Å². The van der Waals surface area contributed by atoms with Gasteiger partial charge < -0.3 is 15.4 Å². The van der Waals surface area contributed by atoms with Crippen LogP contribution in [0.25, 0.3) is 0 Å². The van der Waals surface area contributed by atoms with E-state index in [9.17, 15) is 0 Å². The fraction of sp³-hybridized carbons (Fsp3) is 0.923. The van der Waals surface area contributed by atoms with E-state index in [-0.39, 0.29) is 0 Å². The molecule has 4 heteroatoms. The molecule has 1 aliphatic rings. The minimum absolute atomic E-state index is 0.646. The zero-order valence-electron chi connectivity index (χ0n) is 11.5. The van der Waals surface area contributed by atoms with Gasteiger partial charge in [-0.2, -0.15) is 0 Å². The Bertz CT molecular complexity index is 231. The molecule has 0 aromatic rings. The molecule has 1 aliphatic carbocycles. The standard InChI is InChI=1S/C13H27N3O/c1-4-7-11-10-12(11)16-13(14-3)15-8-6-9-17-5-2/h11-12H,4-10H2,1-3H3,(H2,14,15,16). The van der Waals surface area contributed by atoms with Crippen LogP contribution < -0.4 is 10.6 Å². The first-order chi connectivity index (χ1) is 8.31. The van der Waals surface area contributed by atoms with Gasteiger partial charge in [0.2, 0.25) is 0 Å². The Hall–Kier alpha value is -0.770. The summed E-state index contributed by atoms with van der Waals surface area (Å²) in [5.74, 6) is 1.80. The molecule has 1 fully saturated rings. The van der Waals surface area contributed by atoms with E-state index in [2.05, 4.69) is 22.5 Å². The Balaban J connectivity index is 2.05. The molecular weight excluding hydrogens is 214 g/mol. The van der Waals surface area contributed by atoms with Gasteiger partial charge in [0.15, 0.2) is 5.96 Å². The molecule has 17 heavy (non-hydrogen) atoms. The molecule has 0 heterocycles. The summed E-state index contributed by atoms with van der Waals surface area (Å²) in [6, 6.07) is 0.646. The number of nitrogens with zero attached hydrogens (tertiary/aromatic N) is 1. The van der Waals surface area contributed by atoms with Crippen molar-refractivity contribution < 1.29 is 4.74 Å². The van der Waals surface area contributed by atoms with E-state index in [4.69, 9.17) is 4.74 Å². The van der Waals surface area contributed by atoms with E-state index in [1.165, 1.54) is 19.3 Å². The Morgan fingerprint density at radius 2 is 2.24 bits per heavy atom. The highest BCUT2D eigenvalue weighted by Crippen LogP contribution is 2.34. The van der Waals surface area contributed by atoms with Crippen LogP contribution in [-0.2, 0) is 4.74 Å². The van der Waals surface area contributed by atoms with E-state index in [0.717, 1.165) is 38.1 Å². The van der Waals surface area contributed by atoms with E-state index >= 15 is 0 Å². The fourth-order valence-electron chi connectivity index (χ4n) is 2.01. The van der Waals surface area contributed by atoms with Gasteiger partial charge in [-0.15, -0.1) is 0 Å². The topological polar surface area (TPSA) is 45.7 Å². The molecule has 0 saturated heterocycles. The van der Waals surface area contributed by atoms with Crippen molar-refractivity contribution in [2.24, 2.45) is 10.9 Å². The molecular formula is C13H27N3O. The van der Waals surface area contributed by atoms with Gasteiger partial charge in [-0.05, 0) is 32.1 Å². The maximum absolute atomic E-state index is 5.29. The second kappa shape index (κ2) is 8.34. The first kappa shape index (κ1) is 14.3. The summed E-state index contributed by atoms with van der Waals surface area (Å²) >= 11 is 0. The number of ether oxygens (including phenoxy) is 1. The van der Waals surface area contributed by atoms with Gasteiger partial charge in [0.05, 0.1) is 0 Å². The minimum atomic E-state index is 0.646. The molecule has 1 saturated carbocycles. The van der Waals surface area contributed by atoms with Crippen LogP contribution in [0, 0.1) is 5.92 Å². The van der Waals surface area contributed by atoms with Crippen LogP contribution in [0.15, 0.2) is 4.99 Å². The van der Waals surface area contributed by atoms with Crippen molar-refractivity contribution in [2.75, 3.05) is 26.8 Å². The number of hydrogen-bond acceptors (Lipinski definition) is 2. The maximum Gasteiger partial charge on any atom is 0.191 e. The highest BCUT2D eigenvalue weighted by molar-refractivity contribution is 5.80. The van der Waals surface area contributed by atoms with Gasteiger partial charge in [-0.3, -0.25) is 4.99 Å². The summed E-state index contributed by atoms with van der Waals surface area (Å²) in [6.07, 6.45) is 4.94. The van der Waals surface area contributed by atoms with Crippen molar-refractivity contribution in [3.05, 3.63) is 0 Å². The highest BCUT2D eigenvalue weighted by atomic mass is 16.5. The fourth-order valence-corrected chi connectivity index (χ4v) is 2.01. The summed E-state index contributed by atoms with van der Waals surface area (Å²) < 4.78 is 5.29. The van der Waals surface area contributed by atoms with Gasteiger partial charge >= 0.3 is 0 Å². The van der Waals surface area contributed by atoms with Crippen molar-refractivity contribution in [2.45, 2.75) is 45.6 Å². The average Bonchev–Trinajstić information content (AvgIpc) is 3.06. The molecule has 0 amide bonds. The molecule has 2 unspecified atom stereocenters. The van der Waals surface area contributed by atoms with Crippen LogP contribution in [0.2, 0.25) is 0 Å². The molecule has 4 nitrogen and oxygen atoms in total. The Morgan fingerprint density at radius 3 is 2.88 bits per heavy atom. The van der Waals surface area contributed by atoms with Gasteiger partial charge in [0, 0.05) is 32.8 Å². The van der Waals surface area contributed by atoms with Gasteiger partial charge in [0.25, 0.3) is 0 Å². The molecule has 2 atom stereocenters. The smallest absolute Gasteiger partial charge is 0.191 e. The predicted octanol–water partition coefficient (Wildman–Crippen LogP) is 1.77. The number of nitrogens with one attached hydrogen (secondary N) is 2. The lowest BCUT2D eigenvalue weighted by Crippen LogP contribution is -2.39. The van der Waals surface area contributed by atoms with Crippen LogP contribution in [0.4, 0.5) is 0 Å². The van der Waals surface area contributed by atoms with Crippen molar-refractivity contribution in [3.8, 4) is 0 Å². The van der Waals surface area contributed by atoms with Gasteiger partial charge in [0.1, 0.15) is 0 Å². The zero-order chi connectivity index (χ0) is 12.5. The van der Waals surface area contributed by atoms with Crippen molar-refractivity contribution in [1.82, 2.24) is 10.6 Å². The third-order valence-electron chi connectivity index (χ3n) is 3.09. The average molecular weight is 241 g/mol. The van der Waals surface area contributed by atoms with Crippen LogP contribution in [0.1, 0.15) is 39.5 Å². The predicted molar refractivity (Wildman–Crippen MR) is 72.4 cm³/mol. The van der Waals surface area contributed by atoms with Crippen LogP contribution in [0.3, 0.4) is 0 Å². The normalized spacial score (nSPS) is 23.6. The molecule has 0 aromatic carbocycles. The summed E-state index contributed by atoms with van der Waals surface area (Å²) in [4.78, 5) is 4.23. The number of hydrogen-bond donors (Lipinski definition) is 2. The zero-order valence-corrected chi connectivity index (χ0v) is 11.5. The lowest BCUT2D eigenvalue weighted by atomic mass is 10.2. The quantitative estimate of drug-likeness (QED) is 0.387. The third-order valence-corrected chi connectivity index (χ3v) is 3.09. The van der Waals surface area contributed by atoms with Gasteiger partial charge in [-0.1, -0.05) is 13.3 Å². The Labute approximate surface area is 105 Å². The van der Waals surface area contributed by atoms with E-state index < -0.39 is 0 Å². The molecule has 0 radical (unpaired) electrons. The van der Waals surface area contributed by atoms with Crippen LogP contribution in [-0.4, -0.2) is 38.8 Å². The second-order valence-electron chi connectivity index (χ2n) is 4.58. The monoisotopic (exact) mass is 241 g/mol. The first-order valence-electron chi connectivity index (χ1n) is 6.86. The van der Waals surface area contributed by atoms with Crippen LogP contribution in [0.5, 0.6) is 0 Å². The lowest BCUT2D eigenvalue weighted by molar-refractivity contribution is 0.145. The highest BCUT2D eigenvalue weighted by Gasteiger charge is 2.36. The molecule has 2 N–H and O–H groups in total. The summed E-state index contributed by atoms with van der Waals surface area (Å²) in [6.45, 7) is 6.81. The van der Waals surface area contributed by atoms with E-state index in [1.54, 1.807) is 0 Å². The number of rotatable bonds is 8. The molecule has 0 aliphatic heterocycles. The summed E-state index contributed by atoms with van der Waals surface area (Å²) in [7, 11) is 1.83. The van der Waals surface area contributed by atoms with Gasteiger partial charge in [-0.25, -0.2) is 0 Å². The third kappa shape index (κ3) is 5.91. The largest absolute Gasteiger partial charge is 0.382 e. The number of guanidine groups is 1. The first-order valence-corrected chi connectivity index (χ1v) is 6.86. The molecule has 100 valence electrons.